The van der Waals surface area contributed by atoms with Gasteiger partial charge in [-0.3, -0.25) is 0 Å². The van der Waals surface area contributed by atoms with Crippen molar-refractivity contribution in [3.05, 3.63) is 234 Å². The summed E-state index contributed by atoms with van der Waals surface area (Å²) in [5.74, 6) is 0. The molecule has 12 rings (SSSR count). The highest BCUT2D eigenvalue weighted by molar-refractivity contribution is 7.26. The summed E-state index contributed by atoms with van der Waals surface area (Å²) in [5, 5.41) is 7.97. The van der Waals surface area contributed by atoms with E-state index in [0.29, 0.717) is 0 Å². The van der Waals surface area contributed by atoms with Crippen LogP contribution in [0.3, 0.4) is 0 Å². The van der Waals surface area contributed by atoms with Crippen molar-refractivity contribution in [3.8, 4) is 0 Å². The molecule has 9 aromatic carbocycles. The van der Waals surface area contributed by atoms with Gasteiger partial charge in [0.15, 0.2) is 0 Å². The van der Waals surface area contributed by atoms with Gasteiger partial charge in [0.25, 0.3) is 0 Å². The summed E-state index contributed by atoms with van der Waals surface area (Å²) >= 11 is 5.58. The third-order valence-electron chi connectivity index (χ3n) is 12.1. The van der Waals surface area contributed by atoms with Crippen molar-refractivity contribution in [1.29, 1.82) is 0 Å². The zero-order valence-corrected chi connectivity index (χ0v) is 37.1. The second-order valence-corrected chi connectivity index (χ2v) is 19.4. The smallest absolute Gasteiger partial charge is 0.0462 e. The van der Waals surface area contributed by atoms with Gasteiger partial charge in [0.2, 0.25) is 0 Å². The van der Waals surface area contributed by atoms with Crippen LogP contribution < -0.4 is 4.90 Å². The summed E-state index contributed by atoms with van der Waals surface area (Å²) in [6.45, 7) is 0. The topological polar surface area (TPSA) is 3.24 Å². The molecule has 0 N–H and O–H groups in total. The summed E-state index contributed by atoms with van der Waals surface area (Å²) in [4.78, 5) is 2.34. The maximum atomic E-state index is 2.34. The van der Waals surface area contributed by atoms with Gasteiger partial charge in [-0.05, 0) is 106 Å². The van der Waals surface area contributed by atoms with E-state index in [1.54, 1.807) is 0 Å². The minimum absolute atomic E-state index is 1.10. The second kappa shape index (κ2) is 16.4. The number of hydrogen-bond donors (Lipinski definition) is 0. The first-order valence-electron chi connectivity index (χ1n) is 21.5. The second-order valence-electron chi connectivity index (χ2n) is 16.2. The summed E-state index contributed by atoms with van der Waals surface area (Å²) < 4.78 is 7.95. The van der Waals surface area contributed by atoms with Crippen LogP contribution in [0.5, 0.6) is 0 Å². The zero-order chi connectivity index (χ0) is 42.4. The number of thiophene rings is 3. The Kier molecular flexibility index (Phi) is 9.83. The molecule has 0 bridgehead atoms. The monoisotopic (exact) mass is 869 g/mol. The molecule has 3 aromatic heterocycles. The third-order valence-corrected chi connectivity index (χ3v) is 15.5. The summed E-state index contributed by atoms with van der Waals surface area (Å²) in [5.41, 5.74) is 10.4. The Bertz CT molecular complexity index is 3370. The van der Waals surface area contributed by atoms with E-state index in [9.17, 15) is 0 Å². The molecule has 0 radical (unpaired) electrons. The van der Waals surface area contributed by atoms with Gasteiger partial charge in [-0.2, -0.15) is 0 Å². The van der Waals surface area contributed by atoms with Crippen LogP contribution in [0.15, 0.2) is 200 Å². The average molecular weight is 870 g/mol. The Labute approximate surface area is 384 Å². The SMILES string of the molecule is C(=C\c1ccc2c(c1)sc1ccccc12)/c1ccc(N(c2ccc(/C=C/c3ccc4c(c3)sc3ccccc34)cc2)c2ccc(/C=C/c3ccc4c(c3)sc3ccccc34)cc2)cc1. The van der Waals surface area contributed by atoms with Gasteiger partial charge in [-0.25, -0.2) is 0 Å². The molecular weight excluding hydrogens is 831 g/mol. The van der Waals surface area contributed by atoms with Gasteiger partial charge in [0.05, 0.1) is 0 Å². The van der Waals surface area contributed by atoms with E-state index in [-0.39, 0.29) is 0 Å². The fourth-order valence-electron chi connectivity index (χ4n) is 8.77. The molecule has 0 atom stereocenters. The summed E-state index contributed by atoms with van der Waals surface area (Å²) in [7, 11) is 0. The number of rotatable bonds is 9. The van der Waals surface area contributed by atoms with Crippen LogP contribution in [0, 0.1) is 0 Å². The predicted molar refractivity (Wildman–Crippen MR) is 286 cm³/mol. The van der Waals surface area contributed by atoms with E-state index in [4.69, 9.17) is 0 Å². The van der Waals surface area contributed by atoms with Gasteiger partial charge in [-0.15, -0.1) is 34.0 Å². The van der Waals surface area contributed by atoms with Crippen LogP contribution in [0.2, 0.25) is 0 Å². The lowest BCUT2D eigenvalue weighted by molar-refractivity contribution is 1.28. The number of benzene rings is 9. The fraction of sp³-hybridized carbons (Fsp3) is 0. The number of hydrogen-bond acceptors (Lipinski definition) is 4. The van der Waals surface area contributed by atoms with Gasteiger partial charge in [0, 0.05) is 77.6 Å². The molecule has 0 aliphatic carbocycles. The Morgan fingerprint density at radius 3 is 0.797 bits per heavy atom. The Balaban J connectivity index is 0.823. The van der Waals surface area contributed by atoms with Gasteiger partial charge >= 0.3 is 0 Å². The predicted octanol–water partition coefficient (Wildman–Crippen LogP) is 18.8. The van der Waals surface area contributed by atoms with Gasteiger partial charge < -0.3 is 4.90 Å². The normalized spacial score (nSPS) is 12.2. The van der Waals surface area contributed by atoms with Crippen molar-refractivity contribution in [2.45, 2.75) is 0 Å². The maximum absolute atomic E-state index is 2.34. The number of nitrogens with zero attached hydrogens (tertiary/aromatic N) is 1. The molecule has 64 heavy (non-hydrogen) atoms. The molecule has 1 nitrogen and oxygen atoms in total. The standard InChI is InChI=1S/C60H39NS3/c1-4-10-55-49(7-1)52-34-25-43(37-58(52)62-55)16-13-40-19-28-46(29-20-40)61(47-30-21-41(22-31-47)14-17-44-26-35-53-50-8-2-5-11-56(50)63-59(53)38-44)48-32-23-42(24-33-48)15-18-45-27-36-54-51-9-3-6-12-57(51)64-60(54)39-45/h1-39H/b16-13+,17-14+,18-15+. The van der Waals surface area contributed by atoms with Crippen molar-refractivity contribution in [2.75, 3.05) is 4.90 Å². The Morgan fingerprint density at radius 1 is 0.234 bits per heavy atom. The molecule has 12 aromatic rings. The quantitative estimate of drug-likeness (QED) is 0.131. The van der Waals surface area contributed by atoms with Crippen molar-refractivity contribution >= 4 is 148 Å². The van der Waals surface area contributed by atoms with Gasteiger partial charge in [-0.1, -0.05) is 164 Å². The average Bonchev–Trinajstić information content (AvgIpc) is 4.04. The first-order chi connectivity index (χ1) is 31.6. The third kappa shape index (κ3) is 7.42. The minimum atomic E-state index is 1.10. The van der Waals surface area contributed by atoms with E-state index in [2.05, 4.69) is 242 Å². The molecule has 3 heterocycles. The first kappa shape index (κ1) is 38.3. The molecule has 0 aliphatic rings. The summed E-state index contributed by atoms with van der Waals surface area (Å²) in [6.07, 6.45) is 13.3. The molecule has 0 spiro atoms. The van der Waals surface area contributed by atoms with E-state index in [1.807, 2.05) is 34.0 Å². The molecule has 0 fully saturated rings. The first-order valence-corrected chi connectivity index (χ1v) is 24.0. The molecular formula is C60H39NS3. The van der Waals surface area contributed by atoms with E-state index in [0.717, 1.165) is 33.8 Å². The fourth-order valence-corrected chi connectivity index (χ4v) is 12.2. The molecule has 0 aliphatic heterocycles. The zero-order valence-electron chi connectivity index (χ0n) is 34.7. The molecule has 302 valence electrons. The number of anilines is 3. The highest BCUT2D eigenvalue weighted by Crippen LogP contribution is 2.39. The van der Waals surface area contributed by atoms with Crippen LogP contribution >= 0.6 is 34.0 Å². The molecule has 0 saturated heterocycles. The van der Waals surface area contributed by atoms with Crippen molar-refractivity contribution < 1.29 is 0 Å². The van der Waals surface area contributed by atoms with E-state index in [1.165, 1.54) is 77.2 Å². The van der Waals surface area contributed by atoms with Crippen LogP contribution in [-0.4, -0.2) is 0 Å². The molecule has 0 amide bonds. The highest BCUT2D eigenvalue weighted by Gasteiger charge is 2.13. The highest BCUT2D eigenvalue weighted by atomic mass is 32.1. The van der Waals surface area contributed by atoms with Crippen molar-refractivity contribution in [3.63, 3.8) is 0 Å². The van der Waals surface area contributed by atoms with Gasteiger partial charge in [0.1, 0.15) is 0 Å². The lowest BCUT2D eigenvalue weighted by atomic mass is 10.1. The van der Waals surface area contributed by atoms with E-state index >= 15 is 0 Å². The number of fused-ring (bicyclic) bond motifs is 9. The minimum Gasteiger partial charge on any atom is -0.311 e. The lowest BCUT2D eigenvalue weighted by Crippen LogP contribution is -2.09. The Hall–Kier alpha value is -7.34. The van der Waals surface area contributed by atoms with Crippen LogP contribution in [-0.2, 0) is 0 Å². The van der Waals surface area contributed by atoms with Crippen LogP contribution in [0.1, 0.15) is 33.4 Å². The van der Waals surface area contributed by atoms with Crippen LogP contribution in [0.25, 0.3) is 97.0 Å². The summed E-state index contributed by atoms with van der Waals surface area (Å²) in [6, 6.07) is 73.0. The maximum Gasteiger partial charge on any atom is 0.0462 e. The lowest BCUT2D eigenvalue weighted by Gasteiger charge is -2.26. The molecule has 0 unspecified atom stereocenters. The van der Waals surface area contributed by atoms with Crippen molar-refractivity contribution in [2.24, 2.45) is 0 Å². The van der Waals surface area contributed by atoms with Crippen molar-refractivity contribution in [1.82, 2.24) is 0 Å². The Morgan fingerprint density at radius 2 is 0.484 bits per heavy atom. The molecule has 4 heteroatoms. The largest absolute Gasteiger partial charge is 0.311 e. The molecule has 0 saturated carbocycles. The van der Waals surface area contributed by atoms with E-state index < -0.39 is 0 Å². The van der Waals surface area contributed by atoms with Crippen LogP contribution in [0.4, 0.5) is 17.1 Å².